The Kier molecular flexibility index (Phi) is 5.75. The molecule has 128 valence electrons. The van der Waals surface area contributed by atoms with Gasteiger partial charge in [0.25, 0.3) is 5.91 Å². The molecule has 2 N–H and O–H groups in total. The van der Waals surface area contributed by atoms with Crippen molar-refractivity contribution in [3.8, 4) is 0 Å². The lowest BCUT2D eigenvalue weighted by Gasteiger charge is -2.10. The number of carbonyl (C=O) groups excluding carboxylic acids is 1. The van der Waals surface area contributed by atoms with E-state index in [1.54, 1.807) is 6.07 Å². The molecule has 0 spiro atoms. The highest BCUT2D eigenvalue weighted by molar-refractivity contribution is 7.89. The number of hydrogen-bond donors (Lipinski definition) is 2. The first-order valence-electron chi connectivity index (χ1n) is 7.75. The highest BCUT2D eigenvalue weighted by Crippen LogP contribution is 2.14. The molecule has 0 atom stereocenters. The first kappa shape index (κ1) is 18.2. The lowest BCUT2D eigenvalue weighted by molar-refractivity contribution is 0.102. The van der Waals surface area contributed by atoms with Crippen molar-refractivity contribution in [2.24, 2.45) is 5.92 Å². The average Bonchev–Trinajstić information content (AvgIpc) is 2.53. The van der Waals surface area contributed by atoms with E-state index in [0.717, 1.165) is 5.56 Å². The maximum absolute atomic E-state index is 12.2. The molecule has 0 bridgehead atoms. The third-order valence-electron chi connectivity index (χ3n) is 3.38. The Bertz CT molecular complexity index is 812. The molecular formula is C18H22N2O3S. The summed E-state index contributed by atoms with van der Waals surface area (Å²) in [7, 11) is -3.54. The molecule has 24 heavy (non-hydrogen) atoms. The Morgan fingerprint density at radius 1 is 1.08 bits per heavy atom. The van der Waals surface area contributed by atoms with Gasteiger partial charge in [-0.1, -0.05) is 26.0 Å². The summed E-state index contributed by atoms with van der Waals surface area (Å²) < 4.78 is 26.8. The number of benzene rings is 2. The maximum Gasteiger partial charge on any atom is 0.255 e. The van der Waals surface area contributed by atoms with Gasteiger partial charge in [-0.15, -0.1) is 0 Å². The predicted octanol–water partition coefficient (Wildman–Crippen LogP) is 3.18. The van der Waals surface area contributed by atoms with Crippen LogP contribution in [-0.2, 0) is 10.0 Å². The highest BCUT2D eigenvalue weighted by Gasteiger charge is 2.15. The Balaban J connectivity index is 2.10. The van der Waals surface area contributed by atoms with Crippen LogP contribution in [0.4, 0.5) is 5.69 Å². The van der Waals surface area contributed by atoms with E-state index >= 15 is 0 Å². The normalized spacial score (nSPS) is 11.5. The lowest BCUT2D eigenvalue weighted by Crippen LogP contribution is -2.27. The van der Waals surface area contributed by atoms with Crippen molar-refractivity contribution in [2.75, 3.05) is 11.9 Å². The van der Waals surface area contributed by atoms with Crippen molar-refractivity contribution in [2.45, 2.75) is 25.7 Å². The van der Waals surface area contributed by atoms with Gasteiger partial charge < -0.3 is 5.32 Å². The number of sulfonamides is 1. The Hall–Kier alpha value is -2.18. The van der Waals surface area contributed by atoms with Gasteiger partial charge in [0.05, 0.1) is 4.90 Å². The molecule has 0 saturated heterocycles. The fourth-order valence-corrected chi connectivity index (χ4v) is 3.29. The van der Waals surface area contributed by atoms with Crippen LogP contribution in [0.15, 0.2) is 53.4 Å². The van der Waals surface area contributed by atoms with Gasteiger partial charge in [-0.2, -0.15) is 0 Å². The maximum atomic E-state index is 12.2. The molecule has 0 unspecified atom stereocenters. The molecule has 2 rings (SSSR count). The van der Waals surface area contributed by atoms with Gasteiger partial charge >= 0.3 is 0 Å². The second kappa shape index (κ2) is 7.59. The van der Waals surface area contributed by atoms with Gasteiger partial charge in [0.2, 0.25) is 10.0 Å². The van der Waals surface area contributed by atoms with E-state index in [1.165, 1.54) is 24.3 Å². The van der Waals surface area contributed by atoms with Crippen LogP contribution in [0.1, 0.15) is 29.8 Å². The van der Waals surface area contributed by atoms with Crippen molar-refractivity contribution in [1.82, 2.24) is 4.72 Å². The molecule has 2 aromatic carbocycles. The molecule has 0 saturated carbocycles. The van der Waals surface area contributed by atoms with Crippen molar-refractivity contribution in [3.05, 3.63) is 59.7 Å². The highest BCUT2D eigenvalue weighted by atomic mass is 32.2. The Morgan fingerprint density at radius 3 is 2.33 bits per heavy atom. The van der Waals surface area contributed by atoms with E-state index in [9.17, 15) is 13.2 Å². The van der Waals surface area contributed by atoms with Crippen LogP contribution in [0, 0.1) is 12.8 Å². The van der Waals surface area contributed by atoms with E-state index < -0.39 is 10.0 Å². The van der Waals surface area contributed by atoms with Crippen molar-refractivity contribution < 1.29 is 13.2 Å². The van der Waals surface area contributed by atoms with Crippen molar-refractivity contribution in [3.63, 3.8) is 0 Å². The topological polar surface area (TPSA) is 75.3 Å². The second-order valence-corrected chi connectivity index (χ2v) is 7.86. The minimum atomic E-state index is -3.54. The van der Waals surface area contributed by atoms with Gasteiger partial charge in [0, 0.05) is 17.8 Å². The lowest BCUT2D eigenvalue weighted by atomic mass is 10.2. The van der Waals surface area contributed by atoms with Crippen LogP contribution in [0.5, 0.6) is 0 Å². The molecule has 1 amide bonds. The number of anilines is 1. The number of rotatable bonds is 6. The number of hydrogen-bond acceptors (Lipinski definition) is 3. The number of carbonyl (C=O) groups is 1. The minimum absolute atomic E-state index is 0.148. The summed E-state index contributed by atoms with van der Waals surface area (Å²) in [6.07, 6.45) is 0. The van der Waals surface area contributed by atoms with Gasteiger partial charge in [0.15, 0.2) is 0 Å². The smallest absolute Gasteiger partial charge is 0.255 e. The molecular weight excluding hydrogens is 324 g/mol. The van der Waals surface area contributed by atoms with Gasteiger partial charge in [-0.3, -0.25) is 4.79 Å². The van der Waals surface area contributed by atoms with Gasteiger partial charge in [-0.05, 0) is 54.8 Å². The average molecular weight is 346 g/mol. The SMILES string of the molecule is Cc1cccc(NC(=O)c2ccc(S(=O)(=O)NCC(C)C)cc2)c1. The van der Waals surface area contributed by atoms with Crippen molar-refractivity contribution in [1.29, 1.82) is 0 Å². The van der Waals surface area contributed by atoms with Crippen LogP contribution in [0.2, 0.25) is 0 Å². The van der Waals surface area contributed by atoms with Crippen molar-refractivity contribution >= 4 is 21.6 Å². The molecule has 5 nitrogen and oxygen atoms in total. The third kappa shape index (κ3) is 4.91. The standard InChI is InChI=1S/C18H22N2O3S/c1-13(2)12-19-24(22,23)17-9-7-15(8-10-17)18(21)20-16-6-4-5-14(3)11-16/h4-11,13,19H,12H2,1-3H3,(H,20,21). The molecule has 0 fully saturated rings. The summed E-state index contributed by atoms with van der Waals surface area (Å²) in [6, 6.07) is 13.4. The summed E-state index contributed by atoms with van der Waals surface area (Å²) in [5, 5.41) is 2.79. The molecule has 0 aromatic heterocycles. The van der Waals surface area contributed by atoms with E-state index in [4.69, 9.17) is 0 Å². The quantitative estimate of drug-likeness (QED) is 0.843. The number of aryl methyl sites for hydroxylation is 1. The van der Waals surface area contributed by atoms with Gasteiger partial charge in [-0.25, -0.2) is 13.1 Å². The summed E-state index contributed by atoms with van der Waals surface area (Å²) in [6.45, 7) is 6.18. The Labute approximate surface area is 143 Å². The minimum Gasteiger partial charge on any atom is -0.322 e. The molecule has 0 radical (unpaired) electrons. The fraction of sp³-hybridized carbons (Fsp3) is 0.278. The summed E-state index contributed by atoms with van der Waals surface area (Å²) >= 11 is 0. The largest absolute Gasteiger partial charge is 0.322 e. The van der Waals surface area contributed by atoms with Crippen LogP contribution in [0.3, 0.4) is 0 Å². The van der Waals surface area contributed by atoms with Crippen LogP contribution in [-0.4, -0.2) is 20.9 Å². The van der Waals surface area contributed by atoms with E-state index in [0.29, 0.717) is 17.8 Å². The van der Waals surface area contributed by atoms with Crippen LogP contribution in [0.25, 0.3) is 0 Å². The second-order valence-electron chi connectivity index (χ2n) is 6.09. The van der Waals surface area contributed by atoms with E-state index in [-0.39, 0.29) is 16.7 Å². The zero-order chi connectivity index (χ0) is 17.7. The molecule has 0 aliphatic heterocycles. The predicted molar refractivity (Wildman–Crippen MR) is 95.6 cm³/mol. The number of nitrogens with one attached hydrogen (secondary N) is 2. The molecule has 0 aliphatic carbocycles. The summed E-state index contributed by atoms with van der Waals surface area (Å²) in [4.78, 5) is 12.4. The molecule has 6 heteroatoms. The molecule has 2 aromatic rings. The summed E-state index contributed by atoms with van der Waals surface area (Å²) in [5.41, 5.74) is 2.15. The Morgan fingerprint density at radius 2 is 1.75 bits per heavy atom. The van der Waals surface area contributed by atoms with Crippen LogP contribution >= 0.6 is 0 Å². The zero-order valence-corrected chi connectivity index (χ0v) is 14.9. The van der Waals surface area contributed by atoms with E-state index in [1.807, 2.05) is 39.0 Å². The molecule has 0 aliphatic rings. The monoisotopic (exact) mass is 346 g/mol. The van der Waals surface area contributed by atoms with Crippen LogP contribution < -0.4 is 10.0 Å². The van der Waals surface area contributed by atoms with E-state index in [2.05, 4.69) is 10.0 Å². The first-order chi connectivity index (χ1) is 11.3. The molecule has 0 heterocycles. The summed E-state index contributed by atoms with van der Waals surface area (Å²) in [5.74, 6) is -0.0566. The van der Waals surface area contributed by atoms with Gasteiger partial charge in [0.1, 0.15) is 0 Å². The fourth-order valence-electron chi connectivity index (χ4n) is 2.07. The first-order valence-corrected chi connectivity index (χ1v) is 9.24. The number of amides is 1. The third-order valence-corrected chi connectivity index (χ3v) is 4.82. The zero-order valence-electron chi connectivity index (χ0n) is 14.0.